The van der Waals surface area contributed by atoms with Gasteiger partial charge in [-0.1, -0.05) is 41.9 Å². The second kappa shape index (κ2) is 7.02. The fourth-order valence-corrected chi connectivity index (χ4v) is 3.07. The maximum Gasteiger partial charge on any atom is 0.321 e. The molecule has 0 radical (unpaired) electrons. The van der Waals surface area contributed by atoms with Crippen LogP contribution < -0.4 is 10.1 Å². The third-order valence-corrected chi connectivity index (χ3v) is 4.16. The van der Waals surface area contributed by atoms with Gasteiger partial charge in [-0.25, -0.2) is 0 Å². The summed E-state index contributed by atoms with van der Waals surface area (Å²) in [5.41, 5.74) is 2.98. The maximum absolute atomic E-state index is 11.5. The summed E-state index contributed by atoms with van der Waals surface area (Å²) in [6, 6.07) is 12.7. The summed E-state index contributed by atoms with van der Waals surface area (Å²) in [6.07, 6.45) is 1.27. The Balaban J connectivity index is 1.71. The number of carboxylic acids is 1. The van der Waals surface area contributed by atoms with E-state index >= 15 is 0 Å². The van der Waals surface area contributed by atoms with Crippen LogP contribution in [-0.4, -0.2) is 23.7 Å². The molecule has 1 aliphatic heterocycles. The molecular formula is C18H18ClNO3. The SMILES string of the molecule is O=C(O)[C@H](Cc1ccccc1)NCc1cc(Cl)cc2c1OCC2. The van der Waals surface area contributed by atoms with Crippen LogP contribution in [0.3, 0.4) is 0 Å². The zero-order valence-corrected chi connectivity index (χ0v) is 13.3. The number of fused-ring (bicyclic) bond motifs is 1. The molecule has 0 bridgehead atoms. The van der Waals surface area contributed by atoms with Gasteiger partial charge >= 0.3 is 5.97 Å². The van der Waals surface area contributed by atoms with Crippen LogP contribution in [0.4, 0.5) is 0 Å². The minimum absolute atomic E-state index is 0.409. The molecule has 0 amide bonds. The van der Waals surface area contributed by atoms with Crippen LogP contribution in [0.15, 0.2) is 42.5 Å². The molecular weight excluding hydrogens is 314 g/mol. The average molecular weight is 332 g/mol. The van der Waals surface area contributed by atoms with Crippen molar-refractivity contribution in [2.75, 3.05) is 6.61 Å². The van der Waals surface area contributed by atoms with E-state index in [1.54, 1.807) is 0 Å². The fourth-order valence-electron chi connectivity index (χ4n) is 2.81. The van der Waals surface area contributed by atoms with E-state index in [9.17, 15) is 9.90 Å². The highest BCUT2D eigenvalue weighted by Crippen LogP contribution is 2.32. The van der Waals surface area contributed by atoms with Gasteiger partial charge in [0.1, 0.15) is 11.8 Å². The predicted molar refractivity (Wildman–Crippen MR) is 89.1 cm³/mol. The van der Waals surface area contributed by atoms with E-state index in [0.717, 1.165) is 28.9 Å². The molecule has 1 heterocycles. The van der Waals surface area contributed by atoms with Gasteiger partial charge in [0, 0.05) is 23.6 Å². The molecule has 120 valence electrons. The topological polar surface area (TPSA) is 58.6 Å². The van der Waals surface area contributed by atoms with Crippen LogP contribution in [0, 0.1) is 0 Å². The first kappa shape index (κ1) is 15.8. The van der Waals surface area contributed by atoms with Crippen molar-refractivity contribution >= 4 is 17.6 Å². The molecule has 0 unspecified atom stereocenters. The van der Waals surface area contributed by atoms with Crippen LogP contribution in [0.2, 0.25) is 5.02 Å². The number of hydrogen-bond donors (Lipinski definition) is 2. The molecule has 23 heavy (non-hydrogen) atoms. The Morgan fingerprint density at radius 3 is 2.83 bits per heavy atom. The van der Waals surface area contributed by atoms with Crippen LogP contribution in [0.1, 0.15) is 16.7 Å². The normalized spacial score (nSPS) is 14.1. The van der Waals surface area contributed by atoms with Crippen LogP contribution in [0.5, 0.6) is 5.75 Å². The van der Waals surface area contributed by atoms with Crippen molar-refractivity contribution in [1.82, 2.24) is 5.32 Å². The van der Waals surface area contributed by atoms with Crippen molar-refractivity contribution < 1.29 is 14.6 Å². The number of hydrogen-bond acceptors (Lipinski definition) is 3. The third-order valence-electron chi connectivity index (χ3n) is 3.94. The highest BCUT2D eigenvalue weighted by Gasteiger charge is 2.21. The van der Waals surface area contributed by atoms with E-state index in [1.165, 1.54) is 0 Å². The molecule has 0 spiro atoms. The molecule has 0 fully saturated rings. The molecule has 2 aromatic carbocycles. The summed E-state index contributed by atoms with van der Waals surface area (Å²) in [5.74, 6) is -0.0285. The van der Waals surface area contributed by atoms with E-state index in [0.29, 0.717) is 24.6 Å². The molecule has 1 atom stereocenters. The van der Waals surface area contributed by atoms with E-state index in [4.69, 9.17) is 16.3 Å². The standard InChI is InChI=1S/C18H18ClNO3/c19-15-9-13-6-7-23-17(13)14(10-15)11-20-16(18(21)22)8-12-4-2-1-3-5-12/h1-5,9-10,16,20H,6-8,11H2,(H,21,22)/t16-/m0/s1. The van der Waals surface area contributed by atoms with E-state index in [1.807, 2.05) is 42.5 Å². The highest BCUT2D eigenvalue weighted by atomic mass is 35.5. The van der Waals surface area contributed by atoms with E-state index < -0.39 is 12.0 Å². The van der Waals surface area contributed by atoms with Gasteiger partial charge in [-0.2, -0.15) is 0 Å². The van der Waals surface area contributed by atoms with Crippen molar-refractivity contribution in [2.24, 2.45) is 0 Å². The molecule has 4 nitrogen and oxygen atoms in total. The smallest absolute Gasteiger partial charge is 0.321 e. The lowest BCUT2D eigenvalue weighted by Gasteiger charge is -2.16. The van der Waals surface area contributed by atoms with Gasteiger partial charge in [0.25, 0.3) is 0 Å². The monoisotopic (exact) mass is 331 g/mol. The third kappa shape index (κ3) is 3.84. The highest BCUT2D eigenvalue weighted by molar-refractivity contribution is 6.30. The number of carbonyl (C=O) groups is 1. The number of ether oxygens (including phenoxy) is 1. The van der Waals surface area contributed by atoms with Crippen molar-refractivity contribution in [1.29, 1.82) is 0 Å². The lowest BCUT2D eigenvalue weighted by atomic mass is 10.0. The number of aliphatic carboxylic acids is 1. The summed E-state index contributed by atoms with van der Waals surface area (Å²) >= 11 is 6.14. The van der Waals surface area contributed by atoms with Crippen molar-refractivity contribution in [3.63, 3.8) is 0 Å². The van der Waals surface area contributed by atoms with Crippen molar-refractivity contribution in [3.05, 3.63) is 64.2 Å². The number of carboxylic acid groups (broad SMARTS) is 1. The van der Waals surface area contributed by atoms with Gasteiger partial charge in [-0.3, -0.25) is 10.1 Å². The van der Waals surface area contributed by atoms with Gasteiger partial charge in [0.15, 0.2) is 0 Å². The molecule has 0 saturated heterocycles. The Morgan fingerprint density at radius 2 is 2.09 bits per heavy atom. The first-order valence-electron chi connectivity index (χ1n) is 7.57. The van der Waals surface area contributed by atoms with Crippen molar-refractivity contribution in [2.45, 2.75) is 25.4 Å². The molecule has 0 aromatic heterocycles. The fraction of sp³-hybridized carbons (Fsp3) is 0.278. The van der Waals surface area contributed by atoms with Crippen LogP contribution in [0.25, 0.3) is 0 Å². The zero-order valence-electron chi connectivity index (χ0n) is 12.6. The minimum atomic E-state index is -0.867. The molecule has 2 N–H and O–H groups in total. The summed E-state index contributed by atoms with van der Waals surface area (Å²) in [7, 11) is 0. The van der Waals surface area contributed by atoms with Gasteiger partial charge in [0.05, 0.1) is 6.61 Å². The van der Waals surface area contributed by atoms with Crippen LogP contribution >= 0.6 is 11.6 Å². The molecule has 0 aliphatic carbocycles. The molecule has 1 aliphatic rings. The molecule has 3 rings (SSSR count). The number of halogens is 1. The van der Waals surface area contributed by atoms with Gasteiger partial charge in [-0.05, 0) is 29.7 Å². The van der Waals surface area contributed by atoms with E-state index in [-0.39, 0.29) is 0 Å². The Bertz CT molecular complexity index is 703. The summed E-state index contributed by atoms with van der Waals surface area (Å²) in [4.78, 5) is 11.5. The summed E-state index contributed by atoms with van der Waals surface area (Å²) < 4.78 is 5.65. The van der Waals surface area contributed by atoms with Gasteiger partial charge in [-0.15, -0.1) is 0 Å². The Hall–Kier alpha value is -2.04. The van der Waals surface area contributed by atoms with E-state index in [2.05, 4.69) is 5.32 Å². The maximum atomic E-state index is 11.5. The largest absolute Gasteiger partial charge is 0.493 e. The first-order valence-corrected chi connectivity index (χ1v) is 7.95. The van der Waals surface area contributed by atoms with Gasteiger partial charge in [0.2, 0.25) is 0 Å². The average Bonchev–Trinajstić information content (AvgIpc) is 3.00. The zero-order chi connectivity index (χ0) is 16.2. The Kier molecular flexibility index (Phi) is 4.84. The number of benzene rings is 2. The summed E-state index contributed by atoms with van der Waals surface area (Å²) in [5, 5.41) is 13.2. The number of rotatable bonds is 6. The second-order valence-electron chi connectivity index (χ2n) is 5.61. The van der Waals surface area contributed by atoms with Crippen molar-refractivity contribution in [3.8, 4) is 5.75 Å². The van der Waals surface area contributed by atoms with Crippen LogP contribution in [-0.2, 0) is 24.2 Å². The second-order valence-corrected chi connectivity index (χ2v) is 6.05. The first-order chi connectivity index (χ1) is 11.1. The lowest BCUT2D eigenvalue weighted by Crippen LogP contribution is -2.38. The predicted octanol–water partition coefficient (Wildman–Crippen LogP) is 3.06. The minimum Gasteiger partial charge on any atom is -0.493 e. The Labute approximate surface area is 140 Å². The quantitative estimate of drug-likeness (QED) is 0.854. The summed E-state index contributed by atoms with van der Waals surface area (Å²) in [6.45, 7) is 1.06. The number of nitrogens with one attached hydrogen (secondary N) is 1. The molecule has 2 aromatic rings. The lowest BCUT2D eigenvalue weighted by molar-refractivity contribution is -0.139. The molecule has 0 saturated carbocycles. The molecule has 5 heteroatoms. The Morgan fingerprint density at radius 1 is 1.30 bits per heavy atom. The van der Waals surface area contributed by atoms with Gasteiger partial charge < -0.3 is 9.84 Å².